The molecule has 4 spiro atoms. The van der Waals surface area contributed by atoms with Crippen molar-refractivity contribution in [2.24, 2.45) is 75.2 Å². The summed E-state index contributed by atoms with van der Waals surface area (Å²) in [7, 11) is 0. The van der Waals surface area contributed by atoms with Gasteiger partial charge in [-0.2, -0.15) is 0 Å². The number of aryl methyl sites for hydroxylation is 1. The van der Waals surface area contributed by atoms with Crippen LogP contribution in [0.15, 0.2) is 63.8 Å². The molecule has 14 bridgehead atoms. The van der Waals surface area contributed by atoms with E-state index >= 15 is 9.59 Å². The van der Waals surface area contributed by atoms with Crippen LogP contribution in [0.3, 0.4) is 0 Å². The van der Waals surface area contributed by atoms with Crippen molar-refractivity contribution in [3.8, 4) is 0 Å². The molecule has 1 aromatic rings. The lowest BCUT2D eigenvalue weighted by atomic mass is 9.26. The van der Waals surface area contributed by atoms with E-state index in [1.165, 1.54) is 95.5 Å². The molecular formula is C59H75N3O5. The average Bonchev–Trinajstić information content (AvgIpc) is 4.04. The molecule has 9 heterocycles. The normalized spacial score (nSPS) is 45.6. The summed E-state index contributed by atoms with van der Waals surface area (Å²) in [5.74, 6) is 3.92. The number of aliphatic hydroxyl groups is 1. The average molecular weight is 906 g/mol. The standard InChI is InChI=1S/C59H75N3O5/c1-33-23-39-16-17-46-41-24-35-30-61(32-41)42(25-34-9-3-2-4-10-34)28-47(63)53-57-21-19-43-50-44-29-56(33,51(43)52(39)62(46)31-35)20-18-38(44)26-40(36-11-5-6-12-36)27-48(58(50,57)55(65)66-53)59(57)45-15-7-13-37(14-8-22-60)49(45)54(64)67-59/h7,13,15,26,33-36,40-42,44,46,48,51,63H,2-6,8-12,14,16-25,27-32,60H2,1H3. The van der Waals surface area contributed by atoms with E-state index in [4.69, 9.17) is 15.2 Å². The number of carbonyl (C=O) groups excluding carboxylic acids is 2. The van der Waals surface area contributed by atoms with Gasteiger partial charge < -0.3 is 25.2 Å². The maximum absolute atomic E-state index is 16.5. The van der Waals surface area contributed by atoms with Crippen molar-refractivity contribution in [2.45, 2.75) is 172 Å². The van der Waals surface area contributed by atoms with Crippen LogP contribution in [-0.2, 0) is 26.3 Å². The lowest BCUT2D eigenvalue weighted by Crippen LogP contribution is -2.78. The fourth-order valence-corrected chi connectivity index (χ4v) is 21.1. The highest BCUT2D eigenvalue weighted by atomic mass is 16.6. The van der Waals surface area contributed by atoms with Gasteiger partial charge in [-0.1, -0.05) is 92.9 Å². The lowest BCUT2D eigenvalue weighted by Gasteiger charge is -2.74. The Hall–Kier alpha value is -3.36. The van der Waals surface area contributed by atoms with Crippen LogP contribution < -0.4 is 5.73 Å². The molecule has 14 unspecified atom stereocenters. The zero-order valence-corrected chi connectivity index (χ0v) is 40.3. The number of rotatable bonds is 6. The molecule has 7 fully saturated rings. The molecule has 4 saturated carbocycles. The number of piperidine rings is 2. The maximum Gasteiger partial charge on any atom is 0.339 e. The molecule has 0 radical (unpaired) electrons. The summed E-state index contributed by atoms with van der Waals surface area (Å²) in [5.41, 5.74) is 13.8. The molecule has 1 aromatic carbocycles. The van der Waals surface area contributed by atoms with Gasteiger partial charge >= 0.3 is 11.9 Å². The van der Waals surface area contributed by atoms with Crippen LogP contribution in [0.5, 0.6) is 0 Å². The van der Waals surface area contributed by atoms with Gasteiger partial charge in [0.05, 0.1) is 11.0 Å². The van der Waals surface area contributed by atoms with E-state index in [-0.39, 0.29) is 41.0 Å². The monoisotopic (exact) mass is 906 g/mol. The second kappa shape index (κ2) is 14.4. The highest BCUT2D eigenvalue weighted by molar-refractivity contribution is 6.00. The molecule has 356 valence electrons. The minimum Gasteiger partial charge on any atom is -0.509 e. The first-order chi connectivity index (χ1) is 32.7. The number of hydrogen-bond donors (Lipinski definition) is 2. The number of nitrogens with two attached hydrogens (primary N) is 1. The van der Waals surface area contributed by atoms with E-state index in [0.717, 1.165) is 69.3 Å². The summed E-state index contributed by atoms with van der Waals surface area (Å²) in [4.78, 5) is 37.5. The zero-order valence-electron chi connectivity index (χ0n) is 40.3. The van der Waals surface area contributed by atoms with Crippen molar-refractivity contribution in [1.29, 1.82) is 0 Å². The van der Waals surface area contributed by atoms with Gasteiger partial charge in [0.1, 0.15) is 11.2 Å². The largest absolute Gasteiger partial charge is 0.509 e. The molecule has 17 aliphatic rings. The molecular weight excluding hydrogens is 831 g/mol. The summed E-state index contributed by atoms with van der Waals surface area (Å²) in [5, 5.41) is 13.5. The van der Waals surface area contributed by atoms with Gasteiger partial charge in [0, 0.05) is 67.2 Å². The molecule has 0 amide bonds. The number of aliphatic hydroxyl groups excluding tert-OH is 1. The van der Waals surface area contributed by atoms with Crippen molar-refractivity contribution in [3.05, 3.63) is 80.5 Å². The number of ether oxygens (including phenoxy) is 2. The molecule has 18 rings (SSSR count). The Morgan fingerprint density at radius 1 is 0.910 bits per heavy atom. The number of fused-ring (bicyclic) bond motifs is 3. The summed E-state index contributed by atoms with van der Waals surface area (Å²) >= 11 is 0. The SMILES string of the molecule is CC1CC2=C3C4C5=C6C7CC14CCC7=CC(C1CCCC1)CC1C64C(=O)OC(=C(O)CC(CC6CCCCC6)N6CC7CC(C6)C(CC2)N3C7)C4(CC5)C12OC(=O)c1c(CCCN)cccc12. The molecule has 67 heavy (non-hydrogen) atoms. The Morgan fingerprint density at radius 3 is 2.61 bits per heavy atom. The van der Waals surface area contributed by atoms with Gasteiger partial charge in [0.2, 0.25) is 0 Å². The number of esters is 2. The van der Waals surface area contributed by atoms with Gasteiger partial charge in [0.25, 0.3) is 0 Å². The van der Waals surface area contributed by atoms with Crippen molar-refractivity contribution >= 4 is 11.9 Å². The third kappa shape index (κ3) is 5.00. The first-order valence-corrected chi connectivity index (χ1v) is 28.1. The quantitative estimate of drug-likeness (QED) is 0.215. The molecule has 8 aliphatic carbocycles. The fourth-order valence-electron chi connectivity index (χ4n) is 21.1. The molecule has 3 saturated heterocycles. The van der Waals surface area contributed by atoms with E-state index < -0.39 is 16.4 Å². The number of hydrogen-bond acceptors (Lipinski definition) is 8. The van der Waals surface area contributed by atoms with Gasteiger partial charge in [-0.25, -0.2) is 4.79 Å². The van der Waals surface area contributed by atoms with E-state index in [2.05, 4.69) is 41.0 Å². The second-order valence-electron chi connectivity index (χ2n) is 25.6. The van der Waals surface area contributed by atoms with Gasteiger partial charge in [-0.15, -0.1) is 0 Å². The van der Waals surface area contributed by atoms with Crippen molar-refractivity contribution in [2.75, 3.05) is 26.2 Å². The lowest BCUT2D eigenvalue weighted by molar-refractivity contribution is -0.283. The first-order valence-electron chi connectivity index (χ1n) is 28.1. The highest BCUT2D eigenvalue weighted by Gasteiger charge is 2.94. The van der Waals surface area contributed by atoms with E-state index in [1.807, 2.05) is 0 Å². The molecule has 0 aromatic heterocycles. The van der Waals surface area contributed by atoms with Crippen LogP contribution in [0.1, 0.15) is 170 Å². The minimum absolute atomic E-state index is 0.136. The number of nitrogens with zero attached hydrogens (tertiary/aromatic N) is 2. The predicted octanol–water partition coefficient (Wildman–Crippen LogP) is 11.0. The number of carbonyl (C=O) groups is 2. The highest BCUT2D eigenvalue weighted by Crippen LogP contribution is 2.89. The topological polar surface area (TPSA) is 105 Å². The van der Waals surface area contributed by atoms with Crippen LogP contribution >= 0.6 is 0 Å². The van der Waals surface area contributed by atoms with Gasteiger partial charge in [0.15, 0.2) is 11.4 Å². The Kier molecular flexibility index (Phi) is 8.89. The first kappa shape index (κ1) is 41.4. The van der Waals surface area contributed by atoms with Crippen molar-refractivity contribution in [1.82, 2.24) is 9.80 Å². The van der Waals surface area contributed by atoms with Gasteiger partial charge in [-0.3, -0.25) is 9.69 Å². The third-order valence-corrected chi connectivity index (χ3v) is 23.3. The molecule has 3 N–H and O–H groups in total. The zero-order chi connectivity index (χ0) is 44.8. The molecule has 8 nitrogen and oxygen atoms in total. The summed E-state index contributed by atoms with van der Waals surface area (Å²) < 4.78 is 14.6. The predicted molar refractivity (Wildman–Crippen MR) is 256 cm³/mol. The summed E-state index contributed by atoms with van der Waals surface area (Å²) in [6, 6.07) is 7.18. The number of allylic oxidation sites excluding steroid dienone is 4. The van der Waals surface area contributed by atoms with Crippen LogP contribution in [-0.4, -0.2) is 65.1 Å². The van der Waals surface area contributed by atoms with E-state index in [9.17, 15) is 5.11 Å². The Morgan fingerprint density at radius 2 is 1.76 bits per heavy atom. The van der Waals surface area contributed by atoms with Crippen molar-refractivity contribution in [3.63, 3.8) is 0 Å². The minimum atomic E-state index is -1.12. The summed E-state index contributed by atoms with van der Waals surface area (Å²) in [6.45, 7) is 6.51. The van der Waals surface area contributed by atoms with E-state index in [0.29, 0.717) is 84.6 Å². The van der Waals surface area contributed by atoms with Crippen LogP contribution in [0.2, 0.25) is 0 Å². The van der Waals surface area contributed by atoms with Crippen molar-refractivity contribution < 1.29 is 24.2 Å². The van der Waals surface area contributed by atoms with Crippen LogP contribution in [0.4, 0.5) is 0 Å². The Labute approximate surface area is 398 Å². The smallest absolute Gasteiger partial charge is 0.339 e. The van der Waals surface area contributed by atoms with E-state index in [1.54, 1.807) is 22.4 Å². The van der Waals surface area contributed by atoms with Crippen LogP contribution in [0, 0.1) is 69.5 Å². The Bertz CT molecular complexity index is 2490. The second-order valence-corrected chi connectivity index (χ2v) is 25.6. The third-order valence-electron chi connectivity index (χ3n) is 23.3. The molecule has 14 atom stereocenters. The van der Waals surface area contributed by atoms with Gasteiger partial charge in [-0.05, 0) is 155 Å². The summed E-state index contributed by atoms with van der Waals surface area (Å²) in [6.07, 6.45) is 28.1. The fraction of sp³-hybridized carbons (Fsp3) is 0.729. The maximum atomic E-state index is 16.5. The number of benzene rings is 1. The molecule has 8 heteroatoms. The van der Waals surface area contributed by atoms with Crippen LogP contribution in [0.25, 0.3) is 0 Å². The Balaban J connectivity index is 1.03. The molecule has 9 aliphatic heterocycles.